The molecule has 0 N–H and O–H groups in total. The van der Waals surface area contributed by atoms with Gasteiger partial charge in [0, 0.05) is 45.1 Å². The van der Waals surface area contributed by atoms with Crippen molar-refractivity contribution in [1.82, 2.24) is 0 Å². The molecule has 0 bridgehead atoms. The van der Waals surface area contributed by atoms with E-state index in [4.69, 9.17) is 9.15 Å². The van der Waals surface area contributed by atoms with Crippen molar-refractivity contribution in [1.29, 1.82) is 0 Å². The van der Waals surface area contributed by atoms with Gasteiger partial charge in [-0.25, -0.2) is 0 Å². The maximum atomic E-state index is 6.85. The zero-order valence-electron chi connectivity index (χ0n) is 23.5. The molecule has 6 aromatic carbocycles. The SMILES string of the molecule is CC1(C)c2ccc(N(c3ccccc3)c3ccc(-c4ccccc4)cc3)cc2Oc2c1ccc1oc3ccccc3c21. The Balaban J connectivity index is 1.27. The molecule has 3 heteroatoms. The molecule has 2 heterocycles. The Morgan fingerprint density at radius 2 is 1.14 bits per heavy atom. The first kappa shape index (κ1) is 24.5. The van der Waals surface area contributed by atoms with Gasteiger partial charge in [-0.3, -0.25) is 0 Å². The molecule has 1 aromatic heterocycles. The van der Waals surface area contributed by atoms with Gasteiger partial charge in [0.2, 0.25) is 0 Å². The summed E-state index contributed by atoms with van der Waals surface area (Å²) in [5.41, 5.74) is 9.40. The molecule has 202 valence electrons. The van der Waals surface area contributed by atoms with Crippen LogP contribution in [0.2, 0.25) is 0 Å². The first-order chi connectivity index (χ1) is 20.6. The van der Waals surface area contributed by atoms with Gasteiger partial charge in [-0.15, -0.1) is 0 Å². The number of rotatable bonds is 4. The van der Waals surface area contributed by atoms with Crippen molar-refractivity contribution in [3.05, 3.63) is 151 Å². The second kappa shape index (κ2) is 9.39. The number of anilines is 3. The highest BCUT2D eigenvalue weighted by Crippen LogP contribution is 2.53. The molecule has 0 amide bonds. The summed E-state index contributed by atoms with van der Waals surface area (Å²) in [5, 5.41) is 2.10. The molecule has 0 fully saturated rings. The lowest BCUT2D eigenvalue weighted by molar-refractivity contribution is 0.423. The minimum atomic E-state index is -0.247. The number of hydrogen-bond acceptors (Lipinski definition) is 3. The molecule has 0 atom stereocenters. The predicted octanol–water partition coefficient (Wildman–Crippen LogP) is 11.2. The zero-order chi connectivity index (χ0) is 28.3. The van der Waals surface area contributed by atoms with Gasteiger partial charge in [0.1, 0.15) is 22.7 Å². The van der Waals surface area contributed by atoms with Crippen molar-refractivity contribution >= 4 is 39.0 Å². The Hall–Kier alpha value is -5.28. The number of benzene rings is 6. The zero-order valence-corrected chi connectivity index (χ0v) is 23.5. The molecular formula is C39H29NO2. The van der Waals surface area contributed by atoms with E-state index in [0.717, 1.165) is 50.5 Å². The average molecular weight is 544 g/mol. The fraction of sp³-hybridized carbons (Fsp3) is 0.0769. The van der Waals surface area contributed by atoms with Crippen LogP contribution in [0, 0.1) is 0 Å². The first-order valence-corrected chi connectivity index (χ1v) is 14.4. The molecule has 3 nitrogen and oxygen atoms in total. The number of fused-ring (bicyclic) bond motifs is 6. The highest BCUT2D eigenvalue weighted by molar-refractivity contribution is 6.09. The van der Waals surface area contributed by atoms with E-state index < -0.39 is 0 Å². The summed E-state index contributed by atoms with van der Waals surface area (Å²) in [6.07, 6.45) is 0. The fourth-order valence-corrected chi connectivity index (χ4v) is 6.35. The van der Waals surface area contributed by atoms with E-state index in [1.807, 2.05) is 18.2 Å². The molecule has 0 radical (unpaired) electrons. The summed E-state index contributed by atoms with van der Waals surface area (Å²) in [4.78, 5) is 2.29. The normalized spacial score (nSPS) is 13.4. The van der Waals surface area contributed by atoms with Gasteiger partial charge in [0.15, 0.2) is 0 Å². The summed E-state index contributed by atoms with van der Waals surface area (Å²) < 4.78 is 13.1. The molecule has 0 saturated carbocycles. The molecule has 0 spiro atoms. The van der Waals surface area contributed by atoms with E-state index in [2.05, 4.69) is 140 Å². The fourth-order valence-electron chi connectivity index (χ4n) is 6.35. The molecule has 0 unspecified atom stereocenters. The van der Waals surface area contributed by atoms with Crippen LogP contribution in [0.3, 0.4) is 0 Å². The lowest BCUT2D eigenvalue weighted by Crippen LogP contribution is -2.24. The highest BCUT2D eigenvalue weighted by atomic mass is 16.5. The van der Waals surface area contributed by atoms with E-state index in [1.165, 1.54) is 22.3 Å². The Morgan fingerprint density at radius 1 is 0.524 bits per heavy atom. The minimum Gasteiger partial charge on any atom is -0.456 e. The molecule has 1 aliphatic heterocycles. The molecule has 0 saturated heterocycles. The van der Waals surface area contributed by atoms with Gasteiger partial charge < -0.3 is 14.1 Å². The summed E-state index contributed by atoms with van der Waals surface area (Å²) in [6, 6.07) is 48.8. The summed E-state index contributed by atoms with van der Waals surface area (Å²) in [6.45, 7) is 4.55. The van der Waals surface area contributed by atoms with Crippen molar-refractivity contribution in [2.45, 2.75) is 19.3 Å². The average Bonchev–Trinajstić information content (AvgIpc) is 3.42. The maximum absolute atomic E-state index is 6.85. The molecule has 0 aliphatic carbocycles. The van der Waals surface area contributed by atoms with E-state index >= 15 is 0 Å². The van der Waals surface area contributed by atoms with Crippen LogP contribution in [0.4, 0.5) is 17.1 Å². The second-order valence-corrected chi connectivity index (χ2v) is 11.4. The van der Waals surface area contributed by atoms with Gasteiger partial charge in [-0.05, 0) is 53.6 Å². The molecule has 1 aliphatic rings. The Morgan fingerprint density at radius 3 is 1.93 bits per heavy atom. The van der Waals surface area contributed by atoms with Crippen LogP contribution in [-0.2, 0) is 5.41 Å². The minimum absolute atomic E-state index is 0.247. The topological polar surface area (TPSA) is 25.6 Å². The number of para-hydroxylation sites is 2. The Kier molecular flexibility index (Phi) is 5.48. The largest absolute Gasteiger partial charge is 0.456 e. The van der Waals surface area contributed by atoms with Crippen molar-refractivity contribution in [3.8, 4) is 22.6 Å². The molecular weight excluding hydrogens is 514 g/mol. The van der Waals surface area contributed by atoms with Crippen molar-refractivity contribution in [3.63, 3.8) is 0 Å². The maximum Gasteiger partial charge on any atom is 0.143 e. The lowest BCUT2D eigenvalue weighted by Gasteiger charge is -2.36. The van der Waals surface area contributed by atoms with Crippen LogP contribution in [0.5, 0.6) is 11.5 Å². The summed E-state index contributed by atoms with van der Waals surface area (Å²) >= 11 is 0. The number of hydrogen-bond donors (Lipinski definition) is 0. The van der Waals surface area contributed by atoms with Gasteiger partial charge in [0.05, 0.1) is 5.39 Å². The highest BCUT2D eigenvalue weighted by Gasteiger charge is 2.36. The third kappa shape index (κ3) is 3.82. The van der Waals surface area contributed by atoms with E-state index in [1.54, 1.807) is 0 Å². The van der Waals surface area contributed by atoms with Crippen molar-refractivity contribution in [2.75, 3.05) is 4.90 Å². The van der Waals surface area contributed by atoms with Crippen LogP contribution in [-0.4, -0.2) is 0 Å². The van der Waals surface area contributed by atoms with Gasteiger partial charge in [-0.2, -0.15) is 0 Å². The molecule has 42 heavy (non-hydrogen) atoms. The standard InChI is InChI=1S/C39H29NO2/c1-39(2)32-22-21-30(25-36(32)42-38-33(39)23-24-35-37(38)31-15-9-10-16-34(31)41-35)40(28-13-7-4-8-14-28)29-19-17-27(18-20-29)26-11-5-3-6-12-26/h3-25H,1-2H3. The number of ether oxygens (including phenoxy) is 1. The van der Waals surface area contributed by atoms with Crippen LogP contribution >= 0.6 is 0 Å². The van der Waals surface area contributed by atoms with Crippen LogP contribution in [0.1, 0.15) is 25.0 Å². The van der Waals surface area contributed by atoms with Gasteiger partial charge in [0.25, 0.3) is 0 Å². The van der Waals surface area contributed by atoms with Crippen LogP contribution < -0.4 is 9.64 Å². The monoisotopic (exact) mass is 543 g/mol. The summed E-state index contributed by atoms with van der Waals surface area (Å²) in [7, 11) is 0. The Labute approximate surface area is 245 Å². The van der Waals surface area contributed by atoms with Crippen LogP contribution in [0.15, 0.2) is 144 Å². The molecule has 8 rings (SSSR count). The van der Waals surface area contributed by atoms with Crippen molar-refractivity contribution in [2.24, 2.45) is 0 Å². The summed E-state index contributed by atoms with van der Waals surface area (Å²) in [5.74, 6) is 1.75. The Bertz CT molecular complexity index is 2070. The van der Waals surface area contributed by atoms with E-state index in [-0.39, 0.29) is 5.41 Å². The quantitative estimate of drug-likeness (QED) is 0.221. The number of nitrogens with zero attached hydrogens (tertiary/aromatic N) is 1. The third-order valence-corrected chi connectivity index (χ3v) is 8.52. The van der Waals surface area contributed by atoms with E-state index in [0.29, 0.717) is 0 Å². The first-order valence-electron chi connectivity index (χ1n) is 14.4. The second-order valence-electron chi connectivity index (χ2n) is 11.4. The van der Waals surface area contributed by atoms with Crippen LogP contribution in [0.25, 0.3) is 33.1 Å². The van der Waals surface area contributed by atoms with E-state index in [9.17, 15) is 0 Å². The lowest BCUT2D eigenvalue weighted by atomic mass is 9.75. The predicted molar refractivity (Wildman–Crippen MR) is 172 cm³/mol. The molecule has 7 aromatic rings. The van der Waals surface area contributed by atoms with Gasteiger partial charge in [-0.1, -0.05) is 105 Å². The van der Waals surface area contributed by atoms with Crippen molar-refractivity contribution < 1.29 is 9.15 Å². The van der Waals surface area contributed by atoms with Gasteiger partial charge >= 0.3 is 0 Å². The smallest absolute Gasteiger partial charge is 0.143 e. The third-order valence-electron chi connectivity index (χ3n) is 8.52. The number of furan rings is 1.